The molecule has 0 aliphatic carbocycles. The van der Waals surface area contributed by atoms with Crippen molar-refractivity contribution in [3.8, 4) is 0 Å². The normalized spacial score (nSPS) is 38.6. The predicted octanol–water partition coefficient (Wildman–Crippen LogP) is 2.92. The van der Waals surface area contributed by atoms with Crippen LogP contribution < -0.4 is 5.32 Å². The van der Waals surface area contributed by atoms with Gasteiger partial charge in [-0.25, -0.2) is 0 Å². The van der Waals surface area contributed by atoms with Gasteiger partial charge in [0, 0.05) is 0 Å². The Morgan fingerprint density at radius 3 is 2.37 bits per heavy atom. The zero-order valence-corrected chi connectivity index (χ0v) is 17.0. The fraction of sp³-hybridized carbons (Fsp3) is 0.684. The Bertz CT molecular complexity index is 746. The van der Waals surface area contributed by atoms with E-state index in [0.29, 0.717) is 13.2 Å². The molecule has 0 bridgehead atoms. The summed E-state index contributed by atoms with van der Waals surface area (Å²) in [5.74, 6) is -1.93. The zero-order chi connectivity index (χ0) is 19.2. The molecule has 1 aromatic carbocycles. The van der Waals surface area contributed by atoms with E-state index in [4.69, 9.17) is 23.5 Å². The van der Waals surface area contributed by atoms with E-state index >= 15 is 0 Å². The third-order valence-electron chi connectivity index (χ3n) is 5.01. The van der Waals surface area contributed by atoms with Crippen LogP contribution in [0.5, 0.6) is 0 Å². The van der Waals surface area contributed by atoms with Gasteiger partial charge in [-0.2, -0.15) is 0 Å². The van der Waals surface area contributed by atoms with Crippen LogP contribution in [0.4, 0.5) is 0 Å². The number of benzene rings is 1. The van der Waals surface area contributed by atoms with Crippen LogP contribution in [0.25, 0.3) is 0 Å². The standard InChI is InChI=1S/C19H27NO6P/c1-18(2)22-11-13(23-18)14-15-16(25-19(3,4)24-15)17(27(21)26-14)20-10-12-8-6-5-7-9-12/h5-9,13-17,20H,10-11H2,1-4H3/q+1. The van der Waals surface area contributed by atoms with Gasteiger partial charge < -0.3 is 0 Å². The van der Waals surface area contributed by atoms with E-state index < -0.39 is 37.4 Å². The molecule has 1 N–H and O–H groups in total. The van der Waals surface area contributed by atoms with Crippen LogP contribution in [0.2, 0.25) is 0 Å². The summed E-state index contributed by atoms with van der Waals surface area (Å²) in [7, 11) is -2.01. The predicted molar refractivity (Wildman–Crippen MR) is 98.3 cm³/mol. The van der Waals surface area contributed by atoms with Gasteiger partial charge in [-0.3, -0.25) is 0 Å². The molecule has 3 fully saturated rings. The van der Waals surface area contributed by atoms with Crippen molar-refractivity contribution in [3.05, 3.63) is 35.9 Å². The first-order valence-electron chi connectivity index (χ1n) is 9.32. The van der Waals surface area contributed by atoms with Crippen LogP contribution in [0.1, 0.15) is 33.3 Å². The number of hydrogen-bond acceptors (Lipinski definition) is 6. The minimum absolute atomic E-state index is 0.348. The molecular formula is C19H27NO6P+. The maximum atomic E-state index is 12.9. The fourth-order valence-corrected chi connectivity index (χ4v) is 5.18. The Balaban J connectivity index is 1.52. The van der Waals surface area contributed by atoms with E-state index in [1.165, 1.54) is 0 Å². The molecule has 0 radical (unpaired) electrons. The zero-order valence-electron chi connectivity index (χ0n) is 16.1. The molecule has 0 spiro atoms. The summed E-state index contributed by atoms with van der Waals surface area (Å²) < 4.78 is 42.7. The second-order valence-electron chi connectivity index (χ2n) is 8.10. The molecular weight excluding hydrogens is 369 g/mol. The molecule has 27 heavy (non-hydrogen) atoms. The molecule has 0 amide bonds. The Hall–Kier alpha value is -0.760. The fourth-order valence-electron chi connectivity index (χ4n) is 3.85. The summed E-state index contributed by atoms with van der Waals surface area (Å²) in [4.78, 5) is 0. The topological polar surface area (TPSA) is 78.1 Å². The van der Waals surface area contributed by atoms with Crippen LogP contribution in [-0.4, -0.2) is 48.4 Å². The SMILES string of the molecule is CC1(C)OCC(C2OP(#[O+])C(NCc3ccccc3)C3OC(C)(C)OC23)O1. The van der Waals surface area contributed by atoms with Crippen molar-refractivity contribution in [3.63, 3.8) is 0 Å². The average Bonchev–Trinajstić information content (AvgIpc) is 3.12. The van der Waals surface area contributed by atoms with Gasteiger partial charge in [0.15, 0.2) is 0 Å². The number of rotatable bonds is 4. The molecule has 7 nitrogen and oxygen atoms in total. The van der Waals surface area contributed by atoms with E-state index in [1.807, 2.05) is 58.0 Å². The Morgan fingerprint density at radius 1 is 1.00 bits per heavy atom. The Kier molecular flexibility index (Phi) is 5.25. The number of nitrogens with one attached hydrogen (secondary N) is 1. The Labute approximate surface area is 160 Å². The monoisotopic (exact) mass is 396 g/mol. The minimum atomic E-state index is -2.01. The van der Waals surface area contributed by atoms with Crippen LogP contribution in [-0.2, 0) is 34.4 Å². The first-order valence-corrected chi connectivity index (χ1v) is 10.6. The summed E-state index contributed by atoms with van der Waals surface area (Å²) in [5.41, 5.74) is 1.10. The van der Waals surface area contributed by atoms with E-state index in [9.17, 15) is 4.41 Å². The maximum absolute atomic E-state index is 12.9. The van der Waals surface area contributed by atoms with E-state index in [0.717, 1.165) is 5.56 Å². The third kappa shape index (κ3) is 4.16. The summed E-state index contributed by atoms with van der Waals surface area (Å²) in [6.07, 6.45) is -1.63. The average molecular weight is 396 g/mol. The summed E-state index contributed by atoms with van der Waals surface area (Å²) >= 11 is 0. The molecule has 1 aromatic rings. The molecule has 3 saturated heterocycles. The van der Waals surface area contributed by atoms with Crippen molar-refractivity contribution < 1.29 is 27.9 Å². The van der Waals surface area contributed by atoms with E-state index in [2.05, 4.69) is 5.32 Å². The first kappa shape index (κ1) is 19.6. The van der Waals surface area contributed by atoms with Crippen molar-refractivity contribution in [1.29, 1.82) is 0 Å². The number of fused-ring (bicyclic) bond motifs is 1. The van der Waals surface area contributed by atoms with Gasteiger partial charge >= 0.3 is 160 Å². The van der Waals surface area contributed by atoms with Gasteiger partial charge in [-0.15, -0.1) is 0 Å². The molecule has 8 heteroatoms. The van der Waals surface area contributed by atoms with Crippen molar-refractivity contribution in [2.24, 2.45) is 0 Å². The number of ether oxygens (including phenoxy) is 4. The Morgan fingerprint density at radius 2 is 1.70 bits per heavy atom. The molecule has 148 valence electrons. The third-order valence-corrected chi connectivity index (χ3v) is 6.39. The van der Waals surface area contributed by atoms with Crippen LogP contribution in [0, 0.1) is 0 Å². The van der Waals surface area contributed by atoms with E-state index in [1.54, 1.807) is 0 Å². The van der Waals surface area contributed by atoms with E-state index in [-0.39, 0.29) is 12.2 Å². The van der Waals surface area contributed by atoms with Gasteiger partial charge in [-0.05, 0) is 0 Å². The quantitative estimate of drug-likeness (QED) is 0.623. The van der Waals surface area contributed by atoms with Crippen LogP contribution in [0.15, 0.2) is 30.3 Å². The second-order valence-corrected chi connectivity index (χ2v) is 9.44. The van der Waals surface area contributed by atoms with Crippen molar-refractivity contribution in [2.45, 2.75) is 76.0 Å². The van der Waals surface area contributed by atoms with Crippen LogP contribution in [0.3, 0.4) is 0 Å². The van der Waals surface area contributed by atoms with Gasteiger partial charge in [0.25, 0.3) is 0 Å². The molecule has 0 saturated carbocycles. The second kappa shape index (κ2) is 7.25. The summed E-state index contributed by atoms with van der Waals surface area (Å²) in [6, 6.07) is 9.96. The van der Waals surface area contributed by atoms with Gasteiger partial charge in [-0.1, -0.05) is 0 Å². The molecule has 3 aliphatic heterocycles. The van der Waals surface area contributed by atoms with Crippen molar-refractivity contribution in [1.82, 2.24) is 5.32 Å². The summed E-state index contributed by atoms with van der Waals surface area (Å²) in [6.45, 7) is 8.37. The first-order chi connectivity index (χ1) is 12.7. The molecule has 4 rings (SSSR count). The molecule has 0 aromatic heterocycles. The van der Waals surface area contributed by atoms with Gasteiger partial charge in [0.05, 0.1) is 0 Å². The van der Waals surface area contributed by atoms with Gasteiger partial charge in [0.1, 0.15) is 0 Å². The molecule has 3 heterocycles. The van der Waals surface area contributed by atoms with Crippen LogP contribution >= 0.6 is 7.88 Å². The molecule has 6 atom stereocenters. The number of hydrogen-bond donors (Lipinski definition) is 1. The van der Waals surface area contributed by atoms with Crippen molar-refractivity contribution in [2.75, 3.05) is 6.61 Å². The summed E-state index contributed by atoms with van der Waals surface area (Å²) in [5, 5.41) is 3.34. The molecule has 6 unspecified atom stereocenters. The molecule has 3 aliphatic rings. The van der Waals surface area contributed by atoms with Crippen molar-refractivity contribution >= 4 is 7.88 Å². The van der Waals surface area contributed by atoms with Gasteiger partial charge in [0.2, 0.25) is 0 Å².